The number of rotatable bonds is 7. The highest BCUT2D eigenvalue weighted by Crippen LogP contribution is 2.26. The van der Waals surface area contributed by atoms with E-state index >= 15 is 0 Å². The SMILES string of the molecule is COc1ccccc1OCC(Cc1ccccc1)C(=O)O. The molecule has 0 aliphatic heterocycles. The number of carbonyl (C=O) groups is 1. The number of para-hydroxylation sites is 2. The van der Waals surface area contributed by atoms with Crippen molar-refractivity contribution in [3.63, 3.8) is 0 Å². The number of benzene rings is 2. The van der Waals surface area contributed by atoms with Gasteiger partial charge in [0.1, 0.15) is 6.61 Å². The summed E-state index contributed by atoms with van der Waals surface area (Å²) in [6, 6.07) is 16.7. The van der Waals surface area contributed by atoms with Gasteiger partial charge in [-0.2, -0.15) is 0 Å². The molecule has 0 saturated heterocycles. The Hall–Kier alpha value is -2.49. The number of methoxy groups -OCH3 is 1. The van der Waals surface area contributed by atoms with Crippen molar-refractivity contribution in [3.8, 4) is 11.5 Å². The van der Waals surface area contributed by atoms with Crippen LogP contribution in [0.4, 0.5) is 0 Å². The van der Waals surface area contributed by atoms with Crippen LogP contribution < -0.4 is 9.47 Å². The minimum Gasteiger partial charge on any atom is -0.493 e. The fourth-order valence-corrected chi connectivity index (χ4v) is 2.04. The highest BCUT2D eigenvalue weighted by molar-refractivity contribution is 5.70. The Labute approximate surface area is 123 Å². The first-order valence-electron chi connectivity index (χ1n) is 6.73. The summed E-state index contributed by atoms with van der Waals surface area (Å²) in [6.45, 7) is 0.102. The number of carboxylic acid groups (broad SMARTS) is 1. The average Bonchev–Trinajstić information content (AvgIpc) is 2.52. The molecule has 2 aromatic carbocycles. The molecule has 0 aliphatic carbocycles. The van der Waals surface area contributed by atoms with Crippen molar-refractivity contribution in [1.29, 1.82) is 0 Å². The molecular weight excluding hydrogens is 268 g/mol. The van der Waals surface area contributed by atoms with Gasteiger partial charge < -0.3 is 14.6 Å². The van der Waals surface area contributed by atoms with E-state index in [4.69, 9.17) is 9.47 Å². The van der Waals surface area contributed by atoms with Gasteiger partial charge in [0.05, 0.1) is 13.0 Å². The van der Waals surface area contributed by atoms with E-state index in [0.29, 0.717) is 17.9 Å². The van der Waals surface area contributed by atoms with Crippen LogP contribution in [0.2, 0.25) is 0 Å². The summed E-state index contributed by atoms with van der Waals surface area (Å²) in [7, 11) is 1.56. The fourth-order valence-electron chi connectivity index (χ4n) is 2.04. The van der Waals surface area contributed by atoms with E-state index in [1.807, 2.05) is 42.5 Å². The van der Waals surface area contributed by atoms with Crippen molar-refractivity contribution < 1.29 is 19.4 Å². The maximum atomic E-state index is 11.4. The van der Waals surface area contributed by atoms with Gasteiger partial charge >= 0.3 is 5.97 Å². The van der Waals surface area contributed by atoms with Crippen LogP contribution in [0, 0.1) is 5.92 Å². The third kappa shape index (κ3) is 4.24. The third-order valence-electron chi connectivity index (χ3n) is 3.18. The smallest absolute Gasteiger partial charge is 0.310 e. The maximum Gasteiger partial charge on any atom is 0.310 e. The van der Waals surface area contributed by atoms with Gasteiger partial charge in [-0.15, -0.1) is 0 Å². The Bertz CT molecular complexity index is 580. The van der Waals surface area contributed by atoms with Crippen LogP contribution in [-0.4, -0.2) is 24.8 Å². The van der Waals surface area contributed by atoms with E-state index in [9.17, 15) is 9.90 Å². The highest BCUT2D eigenvalue weighted by Gasteiger charge is 2.19. The lowest BCUT2D eigenvalue weighted by Gasteiger charge is -2.15. The lowest BCUT2D eigenvalue weighted by Crippen LogP contribution is -2.23. The van der Waals surface area contributed by atoms with Crippen LogP contribution in [0.5, 0.6) is 11.5 Å². The lowest BCUT2D eigenvalue weighted by atomic mass is 10.0. The van der Waals surface area contributed by atoms with E-state index in [1.54, 1.807) is 19.2 Å². The molecule has 0 radical (unpaired) electrons. The Morgan fingerprint density at radius 1 is 1.05 bits per heavy atom. The number of hydrogen-bond donors (Lipinski definition) is 1. The Morgan fingerprint density at radius 3 is 2.29 bits per heavy atom. The Balaban J connectivity index is 2.02. The molecule has 0 saturated carbocycles. The molecule has 1 atom stereocenters. The fraction of sp³-hybridized carbons (Fsp3) is 0.235. The summed E-state index contributed by atoms with van der Waals surface area (Å²) in [6.07, 6.45) is 0.436. The zero-order valence-electron chi connectivity index (χ0n) is 11.9. The van der Waals surface area contributed by atoms with Crippen LogP contribution in [0.25, 0.3) is 0 Å². The first kappa shape index (κ1) is 14.9. The Morgan fingerprint density at radius 2 is 1.67 bits per heavy atom. The molecule has 4 nitrogen and oxygen atoms in total. The molecule has 0 aromatic heterocycles. The van der Waals surface area contributed by atoms with E-state index in [1.165, 1.54) is 0 Å². The van der Waals surface area contributed by atoms with E-state index in [-0.39, 0.29) is 6.61 Å². The zero-order valence-corrected chi connectivity index (χ0v) is 11.9. The van der Waals surface area contributed by atoms with Gasteiger partial charge in [-0.05, 0) is 24.1 Å². The van der Waals surface area contributed by atoms with Crippen molar-refractivity contribution in [2.24, 2.45) is 5.92 Å². The summed E-state index contributed by atoms with van der Waals surface area (Å²) in [5.74, 6) is -0.313. The number of ether oxygens (including phenoxy) is 2. The van der Waals surface area contributed by atoms with Gasteiger partial charge in [-0.3, -0.25) is 4.79 Å². The molecule has 110 valence electrons. The number of aliphatic carboxylic acids is 1. The van der Waals surface area contributed by atoms with E-state index < -0.39 is 11.9 Å². The molecule has 1 N–H and O–H groups in total. The van der Waals surface area contributed by atoms with Crippen LogP contribution in [0.3, 0.4) is 0 Å². The van der Waals surface area contributed by atoms with Crippen LogP contribution in [-0.2, 0) is 11.2 Å². The largest absolute Gasteiger partial charge is 0.493 e. The first-order chi connectivity index (χ1) is 10.2. The van der Waals surface area contributed by atoms with Gasteiger partial charge in [0.2, 0.25) is 0 Å². The second kappa shape index (κ2) is 7.33. The molecule has 0 aliphatic rings. The lowest BCUT2D eigenvalue weighted by molar-refractivity contribution is -0.142. The first-order valence-corrected chi connectivity index (χ1v) is 6.73. The predicted molar refractivity (Wildman–Crippen MR) is 79.8 cm³/mol. The predicted octanol–water partition coefficient (Wildman–Crippen LogP) is 3.02. The van der Waals surface area contributed by atoms with Crippen LogP contribution in [0.15, 0.2) is 54.6 Å². The van der Waals surface area contributed by atoms with Gasteiger partial charge in [0, 0.05) is 0 Å². The number of carboxylic acids is 1. The van der Waals surface area contributed by atoms with E-state index in [2.05, 4.69) is 0 Å². The zero-order chi connectivity index (χ0) is 15.1. The standard InChI is InChI=1S/C17H18O4/c1-20-15-9-5-6-10-16(15)21-12-14(17(18)19)11-13-7-3-2-4-8-13/h2-10,14H,11-12H2,1H3,(H,18,19). The number of hydrogen-bond acceptors (Lipinski definition) is 3. The minimum atomic E-state index is -0.867. The summed E-state index contributed by atoms with van der Waals surface area (Å²) in [5, 5.41) is 9.33. The molecule has 21 heavy (non-hydrogen) atoms. The van der Waals surface area contributed by atoms with Crippen molar-refractivity contribution >= 4 is 5.97 Å². The topological polar surface area (TPSA) is 55.8 Å². The van der Waals surface area contributed by atoms with Crippen molar-refractivity contribution in [1.82, 2.24) is 0 Å². The van der Waals surface area contributed by atoms with Gasteiger partial charge in [0.25, 0.3) is 0 Å². The monoisotopic (exact) mass is 286 g/mol. The minimum absolute atomic E-state index is 0.102. The molecule has 0 heterocycles. The summed E-state index contributed by atoms with van der Waals surface area (Å²) >= 11 is 0. The quantitative estimate of drug-likeness (QED) is 0.850. The molecule has 0 amide bonds. The maximum absolute atomic E-state index is 11.4. The molecular formula is C17H18O4. The van der Waals surface area contributed by atoms with Gasteiger partial charge in [-0.25, -0.2) is 0 Å². The van der Waals surface area contributed by atoms with Crippen LogP contribution >= 0.6 is 0 Å². The third-order valence-corrected chi connectivity index (χ3v) is 3.18. The van der Waals surface area contributed by atoms with Crippen LogP contribution in [0.1, 0.15) is 5.56 Å². The molecule has 2 aromatic rings. The summed E-state index contributed by atoms with van der Waals surface area (Å²) in [4.78, 5) is 11.4. The van der Waals surface area contributed by atoms with Crippen molar-refractivity contribution in [2.45, 2.75) is 6.42 Å². The second-order valence-corrected chi connectivity index (χ2v) is 4.69. The molecule has 0 fully saturated rings. The summed E-state index contributed by atoms with van der Waals surface area (Å²) < 4.78 is 10.8. The Kier molecular flexibility index (Phi) is 5.21. The van der Waals surface area contributed by atoms with Crippen molar-refractivity contribution in [3.05, 3.63) is 60.2 Å². The molecule has 2 rings (SSSR count). The molecule has 1 unspecified atom stereocenters. The van der Waals surface area contributed by atoms with Gasteiger partial charge in [0.15, 0.2) is 11.5 Å². The van der Waals surface area contributed by atoms with E-state index in [0.717, 1.165) is 5.56 Å². The second-order valence-electron chi connectivity index (χ2n) is 4.69. The van der Waals surface area contributed by atoms with Gasteiger partial charge in [-0.1, -0.05) is 42.5 Å². The summed E-state index contributed by atoms with van der Waals surface area (Å²) in [5.41, 5.74) is 0.980. The normalized spacial score (nSPS) is 11.7. The highest BCUT2D eigenvalue weighted by atomic mass is 16.5. The molecule has 0 bridgehead atoms. The van der Waals surface area contributed by atoms with Crippen molar-refractivity contribution in [2.75, 3.05) is 13.7 Å². The molecule has 4 heteroatoms. The average molecular weight is 286 g/mol. The molecule has 0 spiro atoms.